The maximum Gasteiger partial charge on any atom is 0.328 e. The van der Waals surface area contributed by atoms with Crippen LogP contribution in [0.15, 0.2) is 16.8 Å². The third-order valence-corrected chi connectivity index (χ3v) is 10.9. The van der Waals surface area contributed by atoms with Gasteiger partial charge in [0.1, 0.15) is 11.8 Å². The molecule has 0 N–H and O–H groups in total. The van der Waals surface area contributed by atoms with Crippen molar-refractivity contribution >= 4 is 23.4 Å². The molecular weight excluding hydrogens is 456 g/mol. The fourth-order valence-corrected chi connectivity index (χ4v) is 9.01. The third-order valence-electron chi connectivity index (χ3n) is 10.9. The molecule has 7 atom stereocenters. The van der Waals surface area contributed by atoms with Crippen LogP contribution in [0.4, 0.5) is 0 Å². The predicted molar refractivity (Wildman–Crippen MR) is 136 cm³/mol. The number of hydrogen-bond donors (Lipinski definition) is 0. The molecule has 5 aliphatic rings. The number of esters is 1. The highest BCUT2D eigenvalue weighted by Gasteiger charge is 2.59. The van der Waals surface area contributed by atoms with Gasteiger partial charge in [-0.1, -0.05) is 24.6 Å². The van der Waals surface area contributed by atoms with Gasteiger partial charge in [-0.05, 0) is 106 Å². The Morgan fingerprint density at radius 1 is 1.06 bits per heavy atom. The zero-order valence-electron chi connectivity index (χ0n) is 22.4. The summed E-state index contributed by atoms with van der Waals surface area (Å²) in [5.41, 5.74) is 2.78. The number of fused-ring (bicyclic) bond motifs is 5. The van der Waals surface area contributed by atoms with E-state index in [2.05, 4.69) is 25.1 Å². The van der Waals surface area contributed by atoms with Gasteiger partial charge in [0.15, 0.2) is 6.61 Å². The minimum absolute atomic E-state index is 0.153. The highest BCUT2D eigenvalue weighted by molar-refractivity contribution is 5.96. The molecule has 4 aliphatic carbocycles. The van der Waals surface area contributed by atoms with Crippen LogP contribution in [-0.2, 0) is 24.0 Å². The zero-order chi connectivity index (χ0) is 25.7. The van der Waals surface area contributed by atoms with Crippen LogP contribution in [-0.4, -0.2) is 54.6 Å². The van der Waals surface area contributed by atoms with Crippen LogP contribution >= 0.6 is 0 Å². The predicted octanol–water partition coefficient (Wildman–Crippen LogP) is 4.69. The second-order valence-electron chi connectivity index (χ2n) is 12.4. The van der Waals surface area contributed by atoms with Crippen molar-refractivity contribution in [3.05, 3.63) is 11.6 Å². The van der Waals surface area contributed by atoms with Gasteiger partial charge in [0, 0.05) is 12.5 Å². The molecule has 1 heterocycles. The normalized spacial score (nSPS) is 40.7. The number of amides is 1. The lowest BCUT2D eigenvalue weighted by Gasteiger charge is -2.58. The molecule has 1 aliphatic heterocycles. The molecule has 198 valence electrons. The standard InChI is InChI=1S/C29H42N2O5/c1-18(32)22-9-10-23-21-8-7-19-16-20(11-13-28(19,2)24(21)12-14-29(22,23)3)30-36-17-26(33)31-15-5-6-25(31)27(34)35-4/h16,21-25H,5-15,17H2,1-4H3/b30-20-/t21-,22+,23-,24-,25-,28+,29-/m1/s1. The molecule has 0 unspecified atom stereocenters. The SMILES string of the molecule is COC(=O)[C@H]1CCCN1C(=O)CO/N=C1\C=C2CC[C@@H]3[C@H]4CC[C@@H](C(C)=O)[C@@]4(C)CC[C@H]3[C@@]2(C)CC1. The van der Waals surface area contributed by atoms with Gasteiger partial charge in [-0.25, -0.2) is 4.79 Å². The Kier molecular flexibility index (Phi) is 6.80. The number of ketones is 1. The maximum atomic E-state index is 12.6. The molecule has 0 aromatic rings. The number of Topliss-reactive ketones (excluding diaryl/α,β-unsaturated/α-hetero) is 1. The summed E-state index contributed by atoms with van der Waals surface area (Å²) < 4.78 is 4.83. The van der Waals surface area contributed by atoms with Crippen molar-refractivity contribution in [1.82, 2.24) is 4.90 Å². The Morgan fingerprint density at radius 2 is 1.86 bits per heavy atom. The topological polar surface area (TPSA) is 85.3 Å². The van der Waals surface area contributed by atoms with E-state index in [1.807, 2.05) is 0 Å². The number of carbonyl (C=O) groups excluding carboxylic acids is 3. The Labute approximate surface area is 215 Å². The number of ether oxygens (including phenoxy) is 1. The van der Waals surface area contributed by atoms with Crippen molar-refractivity contribution in [1.29, 1.82) is 0 Å². The highest BCUT2D eigenvalue weighted by atomic mass is 16.6. The van der Waals surface area contributed by atoms with E-state index in [0.717, 1.165) is 37.8 Å². The van der Waals surface area contributed by atoms with Crippen LogP contribution < -0.4 is 0 Å². The molecule has 7 heteroatoms. The first-order valence-electron chi connectivity index (χ1n) is 14.0. The van der Waals surface area contributed by atoms with Gasteiger partial charge in [-0.15, -0.1) is 0 Å². The molecule has 7 nitrogen and oxygen atoms in total. The number of carbonyl (C=O) groups is 3. The Bertz CT molecular complexity index is 988. The molecule has 0 aromatic carbocycles. The zero-order valence-corrected chi connectivity index (χ0v) is 22.4. The van der Waals surface area contributed by atoms with Crippen molar-refractivity contribution in [2.24, 2.45) is 39.7 Å². The van der Waals surface area contributed by atoms with Crippen LogP contribution in [0.1, 0.15) is 85.0 Å². The minimum Gasteiger partial charge on any atom is -0.467 e. The Balaban J connectivity index is 1.23. The number of rotatable bonds is 5. The van der Waals surface area contributed by atoms with Gasteiger partial charge >= 0.3 is 5.97 Å². The minimum atomic E-state index is -0.505. The third kappa shape index (κ3) is 4.10. The van der Waals surface area contributed by atoms with Gasteiger partial charge in [0.25, 0.3) is 5.91 Å². The van der Waals surface area contributed by atoms with Crippen molar-refractivity contribution in [2.75, 3.05) is 20.3 Å². The molecule has 1 saturated heterocycles. The van der Waals surface area contributed by atoms with Gasteiger partial charge in [-0.2, -0.15) is 0 Å². The number of oxime groups is 1. The van der Waals surface area contributed by atoms with E-state index in [0.29, 0.717) is 36.5 Å². The van der Waals surface area contributed by atoms with Crippen LogP contribution in [0.5, 0.6) is 0 Å². The first-order chi connectivity index (χ1) is 17.2. The van der Waals surface area contributed by atoms with Crippen LogP contribution in [0.2, 0.25) is 0 Å². The molecule has 36 heavy (non-hydrogen) atoms. The molecule has 0 radical (unpaired) electrons. The van der Waals surface area contributed by atoms with Crippen molar-refractivity contribution in [3.63, 3.8) is 0 Å². The summed E-state index contributed by atoms with van der Waals surface area (Å²) in [5, 5.41) is 4.34. The van der Waals surface area contributed by atoms with Gasteiger partial charge < -0.3 is 14.5 Å². The molecular formula is C29H42N2O5. The second-order valence-corrected chi connectivity index (χ2v) is 12.4. The number of likely N-dealkylation sites (tertiary alicyclic amines) is 1. The van der Waals surface area contributed by atoms with Crippen LogP contribution in [0.3, 0.4) is 0 Å². The van der Waals surface area contributed by atoms with Crippen molar-refractivity contribution in [3.8, 4) is 0 Å². The van der Waals surface area contributed by atoms with Crippen molar-refractivity contribution in [2.45, 2.75) is 91.0 Å². The first kappa shape index (κ1) is 25.5. The maximum absolute atomic E-state index is 12.6. The fraction of sp³-hybridized carbons (Fsp3) is 0.793. The van der Waals surface area contributed by atoms with Crippen LogP contribution in [0, 0.1) is 34.5 Å². The lowest BCUT2D eigenvalue weighted by molar-refractivity contribution is -0.152. The van der Waals surface area contributed by atoms with E-state index in [1.165, 1.54) is 38.4 Å². The molecule has 0 aromatic heterocycles. The van der Waals surface area contributed by atoms with Crippen LogP contribution in [0.25, 0.3) is 0 Å². The second kappa shape index (κ2) is 9.60. The summed E-state index contributed by atoms with van der Waals surface area (Å²) >= 11 is 0. The summed E-state index contributed by atoms with van der Waals surface area (Å²) in [4.78, 5) is 44.0. The molecule has 3 saturated carbocycles. The Hall–Kier alpha value is -2.18. The number of nitrogens with zero attached hydrogens (tertiary/aromatic N) is 2. The average Bonchev–Trinajstić information content (AvgIpc) is 3.48. The molecule has 0 spiro atoms. The fourth-order valence-electron chi connectivity index (χ4n) is 9.01. The van der Waals surface area contributed by atoms with E-state index >= 15 is 0 Å². The molecule has 5 rings (SSSR count). The lowest BCUT2D eigenvalue weighted by atomic mass is 9.46. The summed E-state index contributed by atoms with van der Waals surface area (Å²) in [5.74, 6) is 2.13. The summed E-state index contributed by atoms with van der Waals surface area (Å²) in [6.07, 6.45) is 12.5. The number of allylic oxidation sites excluding steroid dienone is 2. The summed E-state index contributed by atoms with van der Waals surface area (Å²) in [7, 11) is 1.35. The van der Waals surface area contributed by atoms with E-state index in [9.17, 15) is 14.4 Å². The number of methoxy groups -OCH3 is 1. The van der Waals surface area contributed by atoms with Crippen molar-refractivity contribution < 1.29 is 24.0 Å². The molecule has 4 fully saturated rings. The quantitative estimate of drug-likeness (QED) is 0.405. The van der Waals surface area contributed by atoms with Gasteiger partial charge in [0.05, 0.1) is 12.8 Å². The van der Waals surface area contributed by atoms with Gasteiger partial charge in [-0.3, -0.25) is 9.59 Å². The molecule has 1 amide bonds. The lowest BCUT2D eigenvalue weighted by Crippen LogP contribution is -2.51. The average molecular weight is 499 g/mol. The monoisotopic (exact) mass is 498 g/mol. The van der Waals surface area contributed by atoms with E-state index in [-0.39, 0.29) is 35.2 Å². The largest absolute Gasteiger partial charge is 0.467 e. The first-order valence-corrected chi connectivity index (χ1v) is 14.0. The van der Waals surface area contributed by atoms with E-state index in [1.54, 1.807) is 11.8 Å². The van der Waals surface area contributed by atoms with E-state index < -0.39 is 6.04 Å². The highest BCUT2D eigenvalue weighted by Crippen LogP contribution is 2.66. The van der Waals surface area contributed by atoms with Gasteiger partial charge in [0.2, 0.25) is 0 Å². The summed E-state index contributed by atoms with van der Waals surface area (Å²) in [6.45, 7) is 7.06. The smallest absolute Gasteiger partial charge is 0.328 e. The Morgan fingerprint density at radius 3 is 2.61 bits per heavy atom. The van der Waals surface area contributed by atoms with E-state index in [4.69, 9.17) is 9.57 Å². The number of hydrogen-bond acceptors (Lipinski definition) is 6. The molecule has 0 bridgehead atoms. The summed E-state index contributed by atoms with van der Waals surface area (Å²) in [6, 6.07) is -0.505.